The first-order chi connectivity index (χ1) is 17.8. The van der Waals surface area contributed by atoms with Crippen LogP contribution in [0.4, 0.5) is 4.39 Å². The van der Waals surface area contributed by atoms with Crippen LogP contribution >= 0.6 is 11.8 Å². The van der Waals surface area contributed by atoms with E-state index in [1.807, 2.05) is 48.5 Å². The fourth-order valence-corrected chi connectivity index (χ4v) is 6.60. The van der Waals surface area contributed by atoms with E-state index in [2.05, 4.69) is 0 Å². The number of carbonyl (C=O) groups is 1. The molecular weight excluding hydrogens is 511 g/mol. The van der Waals surface area contributed by atoms with Crippen molar-refractivity contribution in [3.63, 3.8) is 0 Å². The Kier molecular flexibility index (Phi) is 6.79. The number of carboxylic acid groups (broad SMARTS) is 1. The number of carboxylic acids is 1. The van der Waals surface area contributed by atoms with Crippen molar-refractivity contribution in [2.45, 2.75) is 22.5 Å². The summed E-state index contributed by atoms with van der Waals surface area (Å²) in [7, 11) is -3.94. The van der Waals surface area contributed by atoms with E-state index in [4.69, 9.17) is 9.52 Å². The van der Waals surface area contributed by atoms with E-state index in [1.54, 1.807) is 19.1 Å². The average Bonchev–Trinajstić information content (AvgIpc) is 3.28. The van der Waals surface area contributed by atoms with Crippen molar-refractivity contribution in [1.29, 1.82) is 0 Å². The maximum Gasteiger partial charge on any atom is 0.307 e. The van der Waals surface area contributed by atoms with Crippen LogP contribution in [0.1, 0.15) is 12.5 Å². The molecule has 0 aliphatic carbocycles. The Morgan fingerprint density at radius 3 is 2.49 bits per heavy atom. The standard InChI is InChI=1S/C29H23FO5S2/c1-18(29(31)32)16-36-17-20-15-22(12-13-26(20)30)37(33,34)21-7-4-6-19(14-21)23-9-5-10-25-24-8-2-3-11-27(24)35-28(23)25/h2-15,18H,16-17H2,1H3,(H,31,32). The van der Waals surface area contributed by atoms with E-state index < -0.39 is 27.5 Å². The molecule has 0 spiro atoms. The third-order valence-electron chi connectivity index (χ3n) is 6.23. The van der Waals surface area contributed by atoms with E-state index in [-0.39, 0.29) is 21.1 Å². The van der Waals surface area contributed by atoms with Gasteiger partial charge in [-0.1, -0.05) is 55.5 Å². The maximum absolute atomic E-state index is 14.4. The van der Waals surface area contributed by atoms with Gasteiger partial charge in [-0.3, -0.25) is 4.79 Å². The fourth-order valence-electron chi connectivity index (χ4n) is 4.19. The second-order valence-electron chi connectivity index (χ2n) is 8.82. The molecule has 1 unspecified atom stereocenters. The first-order valence-corrected chi connectivity index (χ1v) is 14.2. The number of rotatable bonds is 8. The van der Waals surface area contributed by atoms with Gasteiger partial charge in [-0.2, -0.15) is 11.8 Å². The monoisotopic (exact) mass is 534 g/mol. The first kappa shape index (κ1) is 25.0. The van der Waals surface area contributed by atoms with Gasteiger partial charge in [0.25, 0.3) is 0 Å². The first-order valence-electron chi connectivity index (χ1n) is 11.6. The molecule has 0 radical (unpaired) electrons. The number of thioether (sulfide) groups is 1. The Labute approximate surface area is 217 Å². The molecular formula is C29H23FO5S2. The molecule has 4 aromatic carbocycles. The van der Waals surface area contributed by atoms with Gasteiger partial charge in [0.2, 0.25) is 9.84 Å². The van der Waals surface area contributed by atoms with Crippen molar-refractivity contribution < 1.29 is 27.1 Å². The Morgan fingerprint density at radius 2 is 1.68 bits per heavy atom. The lowest BCUT2D eigenvalue weighted by Crippen LogP contribution is -2.12. The summed E-state index contributed by atoms with van der Waals surface area (Å²) in [4.78, 5) is 11.1. The number of hydrogen-bond donors (Lipinski definition) is 1. The van der Waals surface area contributed by atoms with Crippen LogP contribution in [-0.4, -0.2) is 25.2 Å². The third-order valence-corrected chi connectivity index (χ3v) is 9.23. The van der Waals surface area contributed by atoms with Crippen molar-refractivity contribution in [2.75, 3.05) is 5.75 Å². The van der Waals surface area contributed by atoms with Gasteiger partial charge in [-0.15, -0.1) is 0 Å². The molecule has 5 rings (SSSR count). The van der Waals surface area contributed by atoms with E-state index in [1.165, 1.54) is 30.0 Å². The number of furan rings is 1. The number of para-hydroxylation sites is 2. The summed E-state index contributed by atoms with van der Waals surface area (Å²) >= 11 is 1.25. The number of benzene rings is 4. The zero-order valence-electron chi connectivity index (χ0n) is 19.8. The molecule has 8 heteroatoms. The second-order valence-corrected chi connectivity index (χ2v) is 11.8. The Balaban J connectivity index is 1.49. The van der Waals surface area contributed by atoms with E-state index in [9.17, 15) is 17.6 Å². The lowest BCUT2D eigenvalue weighted by molar-refractivity contribution is -0.140. The molecule has 188 valence electrons. The summed E-state index contributed by atoms with van der Waals surface area (Å²) in [5.74, 6) is -1.58. The van der Waals surface area contributed by atoms with Crippen LogP contribution in [0.15, 0.2) is 99.1 Å². The van der Waals surface area contributed by atoms with Crippen LogP contribution < -0.4 is 0 Å². The molecule has 1 aromatic heterocycles. The van der Waals surface area contributed by atoms with E-state index in [0.717, 1.165) is 28.0 Å². The van der Waals surface area contributed by atoms with Crippen molar-refractivity contribution in [1.82, 2.24) is 0 Å². The highest BCUT2D eigenvalue weighted by molar-refractivity contribution is 7.98. The highest BCUT2D eigenvalue weighted by Crippen LogP contribution is 2.37. The van der Waals surface area contributed by atoms with Crippen molar-refractivity contribution in [3.05, 3.63) is 96.3 Å². The number of halogens is 1. The van der Waals surface area contributed by atoms with Crippen LogP contribution in [0, 0.1) is 11.7 Å². The van der Waals surface area contributed by atoms with E-state index in [0.29, 0.717) is 16.9 Å². The number of fused-ring (bicyclic) bond motifs is 3. The molecule has 1 atom stereocenters. The van der Waals surface area contributed by atoms with Gasteiger partial charge in [-0.25, -0.2) is 12.8 Å². The van der Waals surface area contributed by atoms with Crippen LogP contribution in [0.2, 0.25) is 0 Å². The number of hydrogen-bond acceptors (Lipinski definition) is 5. The highest BCUT2D eigenvalue weighted by Gasteiger charge is 2.21. The van der Waals surface area contributed by atoms with Gasteiger partial charge in [-0.05, 0) is 47.5 Å². The number of sulfone groups is 1. The van der Waals surface area contributed by atoms with Gasteiger partial charge >= 0.3 is 5.97 Å². The zero-order valence-corrected chi connectivity index (χ0v) is 21.5. The molecule has 0 bridgehead atoms. The molecule has 0 saturated heterocycles. The lowest BCUT2D eigenvalue weighted by atomic mass is 10.0. The Morgan fingerprint density at radius 1 is 0.946 bits per heavy atom. The third kappa shape index (κ3) is 4.86. The van der Waals surface area contributed by atoms with Gasteiger partial charge < -0.3 is 9.52 Å². The molecule has 0 saturated carbocycles. The van der Waals surface area contributed by atoms with Gasteiger partial charge in [0.05, 0.1) is 15.7 Å². The Bertz CT molecular complexity index is 1740. The summed E-state index contributed by atoms with van der Waals surface area (Å²) in [6, 6.07) is 23.9. The molecule has 5 nitrogen and oxygen atoms in total. The summed E-state index contributed by atoms with van der Waals surface area (Å²) < 4.78 is 47.6. The molecule has 0 fully saturated rings. The van der Waals surface area contributed by atoms with Crippen LogP contribution in [0.3, 0.4) is 0 Å². The molecule has 0 aliphatic heterocycles. The highest BCUT2D eigenvalue weighted by atomic mass is 32.2. The summed E-state index contributed by atoms with van der Waals surface area (Å²) in [5.41, 5.74) is 3.10. The molecule has 37 heavy (non-hydrogen) atoms. The summed E-state index contributed by atoms with van der Waals surface area (Å²) in [6.45, 7) is 1.57. The topological polar surface area (TPSA) is 84.6 Å². The SMILES string of the molecule is CC(CSCc1cc(S(=O)(=O)c2cccc(-c3cccc4c3oc3ccccc34)c2)ccc1F)C(=O)O. The smallest absolute Gasteiger partial charge is 0.307 e. The average molecular weight is 535 g/mol. The second kappa shape index (κ2) is 10.0. The van der Waals surface area contributed by atoms with Crippen molar-refractivity contribution in [3.8, 4) is 11.1 Å². The van der Waals surface area contributed by atoms with Crippen LogP contribution in [0.25, 0.3) is 33.1 Å². The minimum Gasteiger partial charge on any atom is -0.481 e. The van der Waals surface area contributed by atoms with E-state index >= 15 is 0 Å². The minimum absolute atomic E-state index is 0.0186. The maximum atomic E-state index is 14.4. The van der Waals surface area contributed by atoms with Crippen molar-refractivity contribution in [2.24, 2.45) is 5.92 Å². The molecule has 0 amide bonds. The lowest BCUT2D eigenvalue weighted by Gasteiger charge is -2.11. The minimum atomic E-state index is -3.94. The van der Waals surface area contributed by atoms with Gasteiger partial charge in [0.1, 0.15) is 17.0 Å². The predicted octanol–water partition coefficient (Wildman–Crippen LogP) is 7.18. The molecule has 0 aliphatic rings. The van der Waals surface area contributed by atoms with Crippen molar-refractivity contribution >= 4 is 49.5 Å². The fraction of sp³-hybridized carbons (Fsp3) is 0.138. The summed E-state index contributed by atoms with van der Waals surface area (Å²) in [5, 5.41) is 11.0. The predicted molar refractivity (Wildman–Crippen MR) is 144 cm³/mol. The summed E-state index contributed by atoms with van der Waals surface area (Å²) in [6.07, 6.45) is 0. The van der Waals surface area contributed by atoms with Crippen LogP contribution in [0.5, 0.6) is 0 Å². The molecule has 1 heterocycles. The quantitative estimate of drug-likeness (QED) is 0.212. The Hall–Kier alpha value is -3.62. The number of aliphatic carboxylic acids is 1. The normalized spacial score (nSPS) is 12.7. The molecule has 1 N–H and O–H groups in total. The largest absolute Gasteiger partial charge is 0.481 e. The van der Waals surface area contributed by atoms with Crippen LogP contribution in [-0.2, 0) is 20.4 Å². The zero-order chi connectivity index (χ0) is 26.2. The molecule has 5 aromatic rings. The van der Waals surface area contributed by atoms with Gasteiger partial charge in [0.15, 0.2) is 0 Å². The van der Waals surface area contributed by atoms with Gasteiger partial charge in [0, 0.05) is 27.8 Å².